The molecule has 14 heavy (non-hydrogen) atoms. The van der Waals surface area contributed by atoms with Gasteiger partial charge in [-0.2, -0.15) is 0 Å². The molecule has 1 atom stereocenters. The van der Waals surface area contributed by atoms with Gasteiger partial charge in [0.15, 0.2) is 0 Å². The minimum Gasteiger partial charge on any atom is -0.330 e. The zero-order chi connectivity index (χ0) is 10.6. The van der Waals surface area contributed by atoms with Gasteiger partial charge in [-0.3, -0.25) is 0 Å². The Kier molecular flexibility index (Phi) is 4.15. The second kappa shape index (κ2) is 5.16. The first kappa shape index (κ1) is 11.3. The molecule has 0 radical (unpaired) electrons. The number of benzene rings is 1. The minimum absolute atomic E-state index is 0.635. The summed E-state index contributed by atoms with van der Waals surface area (Å²) in [4.78, 5) is 0. The third-order valence-electron chi connectivity index (χ3n) is 2.72. The molecule has 0 bridgehead atoms. The summed E-state index contributed by atoms with van der Waals surface area (Å²) in [5, 5.41) is 0. The summed E-state index contributed by atoms with van der Waals surface area (Å²) >= 11 is 0. The normalized spacial score (nSPS) is 12.9. The van der Waals surface area contributed by atoms with E-state index < -0.39 is 0 Å². The van der Waals surface area contributed by atoms with Gasteiger partial charge >= 0.3 is 0 Å². The van der Waals surface area contributed by atoms with Crippen molar-refractivity contribution in [3.05, 3.63) is 34.9 Å². The zero-order valence-electron chi connectivity index (χ0n) is 9.51. The number of hydrogen-bond acceptors (Lipinski definition) is 1. The van der Waals surface area contributed by atoms with E-state index >= 15 is 0 Å². The van der Waals surface area contributed by atoms with E-state index in [2.05, 4.69) is 39.0 Å². The van der Waals surface area contributed by atoms with Crippen molar-refractivity contribution in [1.82, 2.24) is 0 Å². The van der Waals surface area contributed by atoms with Gasteiger partial charge < -0.3 is 5.73 Å². The van der Waals surface area contributed by atoms with Crippen LogP contribution >= 0.6 is 0 Å². The second-order valence-electron chi connectivity index (χ2n) is 4.21. The maximum atomic E-state index is 5.71. The van der Waals surface area contributed by atoms with Gasteiger partial charge in [0.1, 0.15) is 0 Å². The molecule has 0 aliphatic heterocycles. The van der Waals surface area contributed by atoms with Crippen molar-refractivity contribution in [3.8, 4) is 0 Å². The fourth-order valence-electron chi connectivity index (χ4n) is 1.91. The molecule has 1 unspecified atom stereocenters. The Morgan fingerprint density at radius 2 is 1.71 bits per heavy atom. The van der Waals surface area contributed by atoms with Crippen LogP contribution in [0.25, 0.3) is 0 Å². The number of aryl methyl sites for hydroxylation is 2. The van der Waals surface area contributed by atoms with E-state index in [1.807, 2.05) is 0 Å². The molecule has 0 aromatic heterocycles. The molecule has 0 fully saturated rings. The Labute approximate surface area is 87.3 Å². The number of rotatable bonds is 4. The first-order valence-electron chi connectivity index (χ1n) is 5.43. The van der Waals surface area contributed by atoms with E-state index in [0.29, 0.717) is 5.92 Å². The molecular formula is C13H21N. The molecule has 0 saturated heterocycles. The Bertz CT molecular complexity index is 267. The molecule has 0 heterocycles. The quantitative estimate of drug-likeness (QED) is 0.778. The molecule has 0 aliphatic rings. The fraction of sp³-hybridized carbons (Fsp3) is 0.538. The lowest BCUT2D eigenvalue weighted by Crippen LogP contribution is -2.15. The van der Waals surface area contributed by atoms with E-state index in [1.54, 1.807) is 0 Å². The first-order valence-corrected chi connectivity index (χ1v) is 5.43. The predicted octanol–water partition coefficient (Wildman–Crippen LogP) is 2.83. The van der Waals surface area contributed by atoms with E-state index in [1.165, 1.54) is 23.1 Å². The van der Waals surface area contributed by atoms with Gasteiger partial charge in [-0.25, -0.2) is 0 Å². The molecule has 0 spiro atoms. The summed E-state index contributed by atoms with van der Waals surface area (Å²) in [6, 6.07) is 6.75. The molecule has 0 saturated carbocycles. The third-order valence-corrected chi connectivity index (χ3v) is 2.72. The minimum atomic E-state index is 0.635. The Morgan fingerprint density at radius 3 is 2.14 bits per heavy atom. The summed E-state index contributed by atoms with van der Waals surface area (Å²) in [5.41, 5.74) is 9.84. The van der Waals surface area contributed by atoms with Gasteiger partial charge in [-0.15, -0.1) is 0 Å². The molecule has 1 heteroatoms. The van der Waals surface area contributed by atoms with Gasteiger partial charge in [0.2, 0.25) is 0 Å². The van der Waals surface area contributed by atoms with Crippen molar-refractivity contribution >= 4 is 0 Å². The lowest BCUT2D eigenvalue weighted by molar-refractivity contribution is 0.518. The highest BCUT2D eigenvalue weighted by Gasteiger charge is 2.05. The molecule has 0 aliphatic carbocycles. The molecule has 2 N–H and O–H groups in total. The molecular weight excluding hydrogens is 170 g/mol. The Morgan fingerprint density at radius 1 is 1.14 bits per heavy atom. The van der Waals surface area contributed by atoms with Gasteiger partial charge in [0.25, 0.3) is 0 Å². The lowest BCUT2D eigenvalue weighted by atomic mass is 9.95. The van der Waals surface area contributed by atoms with Crippen LogP contribution < -0.4 is 5.73 Å². The van der Waals surface area contributed by atoms with Gasteiger partial charge in [-0.05, 0) is 38.3 Å². The van der Waals surface area contributed by atoms with Crippen molar-refractivity contribution in [2.45, 2.75) is 33.6 Å². The highest BCUT2D eigenvalue weighted by molar-refractivity contribution is 5.28. The van der Waals surface area contributed by atoms with Gasteiger partial charge in [-0.1, -0.05) is 42.7 Å². The maximum absolute atomic E-state index is 5.71. The summed E-state index contributed by atoms with van der Waals surface area (Å²) in [6.45, 7) is 7.31. The van der Waals surface area contributed by atoms with Crippen LogP contribution in [0.15, 0.2) is 18.2 Å². The number of hydrogen-bond donors (Lipinski definition) is 1. The molecule has 0 amide bonds. The van der Waals surface area contributed by atoms with E-state index in [0.717, 1.165) is 13.0 Å². The van der Waals surface area contributed by atoms with E-state index in [4.69, 9.17) is 5.73 Å². The molecule has 1 rings (SSSR count). The van der Waals surface area contributed by atoms with Crippen LogP contribution in [0.4, 0.5) is 0 Å². The highest BCUT2D eigenvalue weighted by Crippen LogP contribution is 2.14. The van der Waals surface area contributed by atoms with Crippen LogP contribution in [0.5, 0.6) is 0 Å². The average molecular weight is 191 g/mol. The van der Waals surface area contributed by atoms with Gasteiger partial charge in [0.05, 0.1) is 0 Å². The van der Waals surface area contributed by atoms with Crippen LogP contribution in [0.2, 0.25) is 0 Å². The van der Waals surface area contributed by atoms with Crippen LogP contribution in [0.3, 0.4) is 0 Å². The molecule has 78 valence electrons. The smallest absolute Gasteiger partial charge is 0.00458 e. The van der Waals surface area contributed by atoms with E-state index in [9.17, 15) is 0 Å². The second-order valence-corrected chi connectivity index (χ2v) is 4.21. The molecule has 1 aromatic rings. The summed E-state index contributed by atoms with van der Waals surface area (Å²) < 4.78 is 0. The third kappa shape index (κ3) is 3.15. The Balaban J connectivity index is 2.75. The van der Waals surface area contributed by atoms with Crippen LogP contribution in [-0.2, 0) is 6.42 Å². The topological polar surface area (TPSA) is 26.0 Å². The highest BCUT2D eigenvalue weighted by atomic mass is 14.5. The molecule has 1 aromatic carbocycles. The first-order chi connectivity index (χ1) is 6.65. The van der Waals surface area contributed by atoms with Crippen LogP contribution in [0, 0.1) is 19.8 Å². The SMILES string of the molecule is CCC(CN)Cc1cc(C)cc(C)c1. The lowest BCUT2D eigenvalue weighted by Gasteiger charge is -2.13. The average Bonchev–Trinajstić information content (AvgIpc) is 2.12. The van der Waals surface area contributed by atoms with Crippen molar-refractivity contribution in [1.29, 1.82) is 0 Å². The van der Waals surface area contributed by atoms with Crippen LogP contribution in [-0.4, -0.2) is 6.54 Å². The van der Waals surface area contributed by atoms with Crippen molar-refractivity contribution in [3.63, 3.8) is 0 Å². The standard InChI is InChI=1S/C13H21N/c1-4-12(9-14)8-13-6-10(2)5-11(3)7-13/h5-7,12H,4,8-9,14H2,1-3H3. The zero-order valence-corrected chi connectivity index (χ0v) is 9.51. The van der Waals surface area contributed by atoms with Crippen molar-refractivity contribution in [2.75, 3.05) is 6.54 Å². The predicted molar refractivity (Wildman–Crippen MR) is 62.5 cm³/mol. The summed E-state index contributed by atoms with van der Waals surface area (Å²) in [5.74, 6) is 0.635. The fourth-order valence-corrected chi connectivity index (χ4v) is 1.91. The monoisotopic (exact) mass is 191 g/mol. The number of nitrogens with two attached hydrogens (primary N) is 1. The Hall–Kier alpha value is -0.820. The summed E-state index contributed by atoms with van der Waals surface area (Å²) in [7, 11) is 0. The maximum Gasteiger partial charge on any atom is -0.00458 e. The van der Waals surface area contributed by atoms with Crippen LogP contribution in [0.1, 0.15) is 30.0 Å². The summed E-state index contributed by atoms with van der Waals surface area (Å²) in [6.07, 6.45) is 2.29. The van der Waals surface area contributed by atoms with E-state index in [-0.39, 0.29) is 0 Å². The van der Waals surface area contributed by atoms with Crippen molar-refractivity contribution < 1.29 is 0 Å². The molecule has 1 nitrogen and oxygen atoms in total. The largest absolute Gasteiger partial charge is 0.330 e. The van der Waals surface area contributed by atoms with Crippen molar-refractivity contribution in [2.24, 2.45) is 11.7 Å². The van der Waals surface area contributed by atoms with Gasteiger partial charge in [0, 0.05) is 0 Å².